The predicted molar refractivity (Wildman–Crippen MR) is 65.8 cm³/mol. The van der Waals surface area contributed by atoms with Crippen molar-refractivity contribution < 1.29 is 13.5 Å². The summed E-state index contributed by atoms with van der Waals surface area (Å²) in [5.41, 5.74) is 0.711. The topological polar surface area (TPSA) is 79.3 Å². The Morgan fingerprint density at radius 1 is 1.50 bits per heavy atom. The van der Waals surface area contributed by atoms with Gasteiger partial charge in [0, 0.05) is 11.1 Å². The maximum atomic E-state index is 11.5. The lowest BCUT2D eigenvalue weighted by molar-refractivity contribution is 0.295. The van der Waals surface area contributed by atoms with Crippen LogP contribution in [0.2, 0.25) is 0 Å². The Balaban J connectivity index is 2.76. The highest BCUT2D eigenvalue weighted by atomic mass is 79.9. The molecular formula is C9H13BrN2O3S. The van der Waals surface area contributed by atoms with Crippen molar-refractivity contribution in [2.24, 2.45) is 0 Å². The molecule has 0 bridgehead atoms. The average Bonchev–Trinajstić information content (AvgIpc) is 2.20. The smallest absolute Gasteiger partial charge is 0.233 e. The number of anilines is 1. The molecule has 7 heteroatoms. The molecule has 0 aliphatic carbocycles. The predicted octanol–water partition coefficient (Wildman–Crippen LogP) is 1.28. The van der Waals surface area contributed by atoms with Gasteiger partial charge in [-0.1, -0.05) is 0 Å². The molecule has 1 aromatic heterocycles. The van der Waals surface area contributed by atoms with E-state index in [9.17, 15) is 8.42 Å². The molecule has 0 unspecified atom stereocenters. The number of halogens is 1. The normalized spacial score (nSPS) is 11.4. The quantitative estimate of drug-likeness (QED) is 0.858. The van der Waals surface area contributed by atoms with Crippen LogP contribution in [0, 0.1) is 6.92 Å². The summed E-state index contributed by atoms with van der Waals surface area (Å²) in [5.74, 6) is 0.180. The number of rotatable bonds is 5. The third-order valence-corrected chi connectivity index (χ3v) is 4.04. The highest BCUT2D eigenvalue weighted by Gasteiger charge is 2.10. The van der Waals surface area contributed by atoms with Crippen LogP contribution >= 0.6 is 15.9 Å². The second kappa shape index (κ2) is 5.60. The third-order valence-electron chi connectivity index (χ3n) is 1.85. The zero-order chi connectivity index (χ0) is 12.2. The van der Waals surface area contributed by atoms with Gasteiger partial charge < -0.3 is 5.11 Å². The Morgan fingerprint density at radius 3 is 2.75 bits per heavy atom. The first-order chi connectivity index (χ1) is 7.44. The summed E-state index contributed by atoms with van der Waals surface area (Å²) in [4.78, 5) is 4.07. The lowest BCUT2D eigenvalue weighted by Crippen LogP contribution is -2.18. The van der Waals surface area contributed by atoms with Gasteiger partial charge in [0.05, 0.1) is 11.4 Å². The lowest BCUT2D eigenvalue weighted by Gasteiger charge is -2.07. The monoisotopic (exact) mass is 308 g/mol. The van der Waals surface area contributed by atoms with Crippen molar-refractivity contribution >= 4 is 31.8 Å². The van der Waals surface area contributed by atoms with Gasteiger partial charge in [0.25, 0.3) is 0 Å². The molecule has 0 aliphatic rings. The van der Waals surface area contributed by atoms with Gasteiger partial charge in [-0.25, -0.2) is 13.4 Å². The van der Waals surface area contributed by atoms with Crippen LogP contribution in [0.4, 0.5) is 5.82 Å². The summed E-state index contributed by atoms with van der Waals surface area (Å²) in [7, 11) is -3.41. The van der Waals surface area contributed by atoms with Crippen LogP contribution in [0.1, 0.15) is 12.1 Å². The second-order valence-electron chi connectivity index (χ2n) is 3.26. The zero-order valence-electron chi connectivity index (χ0n) is 8.77. The maximum absolute atomic E-state index is 11.5. The van der Waals surface area contributed by atoms with E-state index in [1.165, 1.54) is 0 Å². The van der Waals surface area contributed by atoms with E-state index in [0.29, 0.717) is 11.5 Å². The summed E-state index contributed by atoms with van der Waals surface area (Å²) in [6.07, 6.45) is 0.213. The summed E-state index contributed by atoms with van der Waals surface area (Å²) in [5, 5.41) is 8.56. The average molecular weight is 309 g/mol. The Labute approximate surface area is 103 Å². The van der Waals surface area contributed by atoms with E-state index < -0.39 is 10.0 Å². The minimum absolute atomic E-state index is 0.111. The molecule has 0 radical (unpaired) electrons. The Morgan fingerprint density at radius 2 is 2.19 bits per heavy atom. The highest BCUT2D eigenvalue weighted by molar-refractivity contribution is 9.10. The van der Waals surface area contributed by atoms with Crippen LogP contribution in [-0.2, 0) is 10.0 Å². The van der Waals surface area contributed by atoms with E-state index in [2.05, 4.69) is 25.6 Å². The molecule has 0 spiro atoms. The molecule has 5 nitrogen and oxygen atoms in total. The van der Waals surface area contributed by atoms with E-state index in [0.717, 1.165) is 4.47 Å². The first kappa shape index (κ1) is 13.4. The van der Waals surface area contributed by atoms with E-state index in [4.69, 9.17) is 5.11 Å². The van der Waals surface area contributed by atoms with Crippen LogP contribution in [0.3, 0.4) is 0 Å². The number of nitrogens with one attached hydrogen (secondary N) is 1. The minimum atomic E-state index is -3.41. The maximum Gasteiger partial charge on any atom is 0.233 e. The lowest BCUT2D eigenvalue weighted by atomic mass is 10.4. The van der Waals surface area contributed by atoms with Crippen molar-refractivity contribution in [3.05, 3.63) is 22.3 Å². The van der Waals surface area contributed by atoms with E-state index in [-0.39, 0.29) is 18.8 Å². The molecule has 0 saturated carbocycles. The molecule has 1 rings (SSSR count). The molecule has 0 aliphatic heterocycles. The first-order valence-corrected chi connectivity index (χ1v) is 7.13. The van der Waals surface area contributed by atoms with Crippen LogP contribution in [0.25, 0.3) is 0 Å². The fourth-order valence-electron chi connectivity index (χ4n) is 1.07. The molecule has 0 aromatic carbocycles. The fourth-order valence-corrected chi connectivity index (χ4v) is 2.33. The van der Waals surface area contributed by atoms with Gasteiger partial charge in [0.1, 0.15) is 5.82 Å². The number of sulfonamides is 1. The Bertz CT molecular complexity index is 462. The minimum Gasteiger partial charge on any atom is -0.396 e. The molecule has 0 fully saturated rings. The van der Waals surface area contributed by atoms with Gasteiger partial charge in [0.2, 0.25) is 10.0 Å². The first-order valence-electron chi connectivity index (χ1n) is 4.69. The summed E-state index contributed by atoms with van der Waals surface area (Å²) >= 11 is 3.28. The van der Waals surface area contributed by atoms with Gasteiger partial charge in [-0.2, -0.15) is 0 Å². The van der Waals surface area contributed by atoms with Crippen molar-refractivity contribution in [2.45, 2.75) is 13.3 Å². The molecule has 1 heterocycles. The molecular weight excluding hydrogens is 296 g/mol. The number of aryl methyl sites for hydroxylation is 1. The number of nitrogens with zero attached hydrogens (tertiary/aromatic N) is 1. The molecule has 1 aromatic rings. The Hall–Kier alpha value is -0.660. The molecule has 2 N–H and O–H groups in total. The highest BCUT2D eigenvalue weighted by Crippen LogP contribution is 2.16. The zero-order valence-corrected chi connectivity index (χ0v) is 11.2. The van der Waals surface area contributed by atoms with E-state index in [1.54, 1.807) is 19.1 Å². The van der Waals surface area contributed by atoms with Crippen molar-refractivity contribution in [1.29, 1.82) is 0 Å². The third kappa shape index (κ3) is 4.07. The van der Waals surface area contributed by atoms with Gasteiger partial charge in [-0.3, -0.25) is 4.72 Å². The van der Waals surface area contributed by atoms with Crippen molar-refractivity contribution in [1.82, 2.24) is 4.98 Å². The number of pyridine rings is 1. The van der Waals surface area contributed by atoms with Crippen molar-refractivity contribution in [3.63, 3.8) is 0 Å². The summed E-state index contributed by atoms with van der Waals surface area (Å²) in [6.45, 7) is 1.63. The number of aliphatic hydroxyl groups excluding tert-OH is 1. The Kier molecular flexibility index (Phi) is 4.69. The van der Waals surface area contributed by atoms with Gasteiger partial charge in [-0.15, -0.1) is 0 Å². The molecule has 0 saturated heterocycles. The number of hydrogen-bond acceptors (Lipinski definition) is 4. The molecule has 90 valence electrons. The van der Waals surface area contributed by atoms with Crippen molar-refractivity contribution in [2.75, 3.05) is 17.1 Å². The summed E-state index contributed by atoms with van der Waals surface area (Å²) < 4.78 is 26.1. The van der Waals surface area contributed by atoms with Gasteiger partial charge >= 0.3 is 0 Å². The number of aromatic nitrogens is 1. The van der Waals surface area contributed by atoms with Crippen LogP contribution < -0.4 is 4.72 Å². The van der Waals surface area contributed by atoms with Crippen LogP contribution in [0.5, 0.6) is 0 Å². The van der Waals surface area contributed by atoms with Gasteiger partial charge in [-0.05, 0) is 41.4 Å². The molecule has 0 amide bonds. The molecule has 0 atom stereocenters. The number of aliphatic hydroxyl groups is 1. The van der Waals surface area contributed by atoms with E-state index >= 15 is 0 Å². The van der Waals surface area contributed by atoms with Crippen molar-refractivity contribution in [3.8, 4) is 0 Å². The largest absolute Gasteiger partial charge is 0.396 e. The fraction of sp³-hybridized carbons (Fsp3) is 0.444. The second-order valence-corrected chi connectivity index (χ2v) is 5.96. The molecule has 16 heavy (non-hydrogen) atoms. The SMILES string of the molecule is Cc1nc(NS(=O)(=O)CCCO)ccc1Br. The van der Waals surface area contributed by atoms with Gasteiger partial charge in [0.15, 0.2) is 0 Å². The standard InChI is InChI=1S/C9H13BrN2O3S/c1-7-8(10)3-4-9(11-7)12-16(14,15)6-2-5-13/h3-4,13H,2,5-6H2,1H3,(H,11,12). The summed E-state index contributed by atoms with van der Waals surface area (Å²) in [6, 6.07) is 3.31. The van der Waals surface area contributed by atoms with E-state index in [1.807, 2.05) is 0 Å². The van der Waals surface area contributed by atoms with Crippen LogP contribution in [-0.4, -0.2) is 30.9 Å². The number of hydrogen-bond donors (Lipinski definition) is 2. The van der Waals surface area contributed by atoms with Crippen LogP contribution in [0.15, 0.2) is 16.6 Å².